The van der Waals surface area contributed by atoms with Crippen LogP contribution in [0.15, 0.2) is 4.52 Å². The van der Waals surface area contributed by atoms with Crippen LogP contribution < -0.4 is 5.32 Å². The normalized spacial score (nSPS) is 29.2. The largest absolute Gasteiger partial charge is 0.339 e. The van der Waals surface area contributed by atoms with Gasteiger partial charge in [0.1, 0.15) is 0 Å². The average molecular weight is 278 g/mol. The molecule has 0 amide bonds. The van der Waals surface area contributed by atoms with E-state index >= 15 is 0 Å². The van der Waals surface area contributed by atoms with E-state index < -0.39 is 0 Å². The van der Waals surface area contributed by atoms with Gasteiger partial charge >= 0.3 is 0 Å². The molecule has 5 heteroatoms. The Hall–Kier alpha value is -0.940. The summed E-state index contributed by atoms with van der Waals surface area (Å²) >= 11 is 0. The van der Waals surface area contributed by atoms with E-state index in [0.29, 0.717) is 5.92 Å². The summed E-state index contributed by atoms with van der Waals surface area (Å²) < 4.78 is 5.35. The maximum atomic E-state index is 5.35. The first-order chi connectivity index (χ1) is 9.46. The zero-order chi connectivity index (χ0) is 14.3. The Morgan fingerprint density at radius 1 is 1.40 bits per heavy atom. The van der Waals surface area contributed by atoms with Crippen LogP contribution in [0.25, 0.3) is 0 Å². The molecule has 2 fully saturated rings. The summed E-state index contributed by atoms with van der Waals surface area (Å²) in [6.45, 7) is 13.3. The van der Waals surface area contributed by atoms with E-state index in [9.17, 15) is 0 Å². The third-order valence-corrected chi connectivity index (χ3v) is 4.94. The highest BCUT2D eigenvalue weighted by molar-refractivity contribution is 5.05. The fraction of sp³-hybridized carbons (Fsp3) is 0.867. The lowest BCUT2D eigenvalue weighted by molar-refractivity contribution is 0.127. The van der Waals surface area contributed by atoms with Crippen molar-refractivity contribution in [3.63, 3.8) is 0 Å². The van der Waals surface area contributed by atoms with Crippen LogP contribution in [-0.4, -0.2) is 40.2 Å². The molecule has 1 aromatic rings. The Balaban J connectivity index is 1.67. The maximum Gasteiger partial charge on any atom is 0.226 e. The Morgan fingerprint density at radius 2 is 2.20 bits per heavy atom. The fourth-order valence-electron chi connectivity index (χ4n) is 3.73. The second kappa shape index (κ2) is 5.11. The molecule has 2 aliphatic rings. The van der Waals surface area contributed by atoms with Crippen molar-refractivity contribution >= 4 is 0 Å². The van der Waals surface area contributed by atoms with Gasteiger partial charge in [0, 0.05) is 25.0 Å². The minimum atomic E-state index is 0.215. The minimum Gasteiger partial charge on any atom is -0.339 e. The molecule has 112 valence electrons. The summed E-state index contributed by atoms with van der Waals surface area (Å²) in [7, 11) is 0. The highest BCUT2D eigenvalue weighted by atomic mass is 16.5. The van der Waals surface area contributed by atoms with Crippen molar-refractivity contribution in [1.29, 1.82) is 0 Å². The van der Waals surface area contributed by atoms with Gasteiger partial charge in [-0.25, -0.2) is 0 Å². The van der Waals surface area contributed by atoms with Crippen LogP contribution >= 0.6 is 0 Å². The molecule has 1 N–H and O–H groups in total. The van der Waals surface area contributed by atoms with Crippen LogP contribution in [0.5, 0.6) is 0 Å². The monoisotopic (exact) mass is 278 g/mol. The molecule has 2 atom stereocenters. The Labute approximate surface area is 121 Å². The van der Waals surface area contributed by atoms with Crippen LogP contribution in [0, 0.1) is 17.8 Å². The number of fused-ring (bicyclic) bond motifs is 1. The van der Waals surface area contributed by atoms with E-state index in [4.69, 9.17) is 4.52 Å². The molecule has 0 aromatic carbocycles. The van der Waals surface area contributed by atoms with Crippen LogP contribution in [0.3, 0.4) is 0 Å². The molecule has 0 bridgehead atoms. The Kier molecular flexibility index (Phi) is 3.58. The van der Waals surface area contributed by atoms with E-state index in [2.05, 4.69) is 48.1 Å². The zero-order valence-corrected chi connectivity index (χ0v) is 13.0. The summed E-state index contributed by atoms with van der Waals surface area (Å²) in [5, 5.41) is 7.66. The predicted molar refractivity (Wildman–Crippen MR) is 77.2 cm³/mol. The zero-order valence-electron chi connectivity index (χ0n) is 13.0. The first-order valence-electron chi connectivity index (χ1n) is 7.74. The molecule has 3 rings (SSSR count). The van der Waals surface area contributed by atoms with Crippen LogP contribution in [0.2, 0.25) is 0 Å². The molecule has 0 spiro atoms. The third kappa shape index (κ3) is 2.49. The van der Waals surface area contributed by atoms with Crippen molar-refractivity contribution in [1.82, 2.24) is 20.4 Å². The van der Waals surface area contributed by atoms with Gasteiger partial charge < -0.3 is 9.84 Å². The molecule has 1 aromatic heterocycles. The quantitative estimate of drug-likeness (QED) is 0.908. The van der Waals surface area contributed by atoms with E-state index in [-0.39, 0.29) is 5.54 Å². The first-order valence-corrected chi connectivity index (χ1v) is 7.74. The third-order valence-electron chi connectivity index (χ3n) is 4.94. The second-order valence-corrected chi connectivity index (χ2v) is 7.26. The van der Waals surface area contributed by atoms with E-state index in [1.54, 1.807) is 0 Å². The van der Waals surface area contributed by atoms with Crippen LogP contribution in [-0.2, 0) is 13.0 Å². The van der Waals surface area contributed by atoms with Crippen molar-refractivity contribution < 1.29 is 4.52 Å². The highest BCUT2D eigenvalue weighted by Gasteiger charge is 2.49. The topological polar surface area (TPSA) is 54.2 Å². The number of rotatable bonds is 4. The molecule has 3 heterocycles. The summed E-state index contributed by atoms with van der Waals surface area (Å²) in [4.78, 5) is 7.06. The van der Waals surface area contributed by atoms with Crippen molar-refractivity contribution in [3.05, 3.63) is 11.7 Å². The number of hydrogen-bond acceptors (Lipinski definition) is 5. The molecule has 2 aliphatic heterocycles. The van der Waals surface area contributed by atoms with Crippen molar-refractivity contribution in [2.75, 3.05) is 19.6 Å². The van der Waals surface area contributed by atoms with Gasteiger partial charge in [0.15, 0.2) is 5.82 Å². The first kappa shape index (κ1) is 14.0. The number of hydrogen-bond donors (Lipinski definition) is 1. The van der Waals surface area contributed by atoms with Crippen molar-refractivity contribution in [3.8, 4) is 0 Å². The smallest absolute Gasteiger partial charge is 0.226 e. The van der Waals surface area contributed by atoms with E-state index in [1.807, 2.05) is 0 Å². The highest BCUT2D eigenvalue weighted by Crippen LogP contribution is 2.41. The molecule has 0 saturated carbocycles. The van der Waals surface area contributed by atoms with Crippen molar-refractivity contribution in [2.45, 2.75) is 46.2 Å². The predicted octanol–water partition coefficient (Wildman–Crippen LogP) is 1.70. The molecular formula is C15H26N4O. The van der Waals surface area contributed by atoms with Crippen molar-refractivity contribution in [2.24, 2.45) is 17.8 Å². The van der Waals surface area contributed by atoms with Gasteiger partial charge in [0.05, 0.1) is 6.54 Å². The van der Waals surface area contributed by atoms with Gasteiger partial charge in [-0.05, 0) is 38.1 Å². The molecule has 2 unspecified atom stereocenters. The maximum absolute atomic E-state index is 5.35. The van der Waals surface area contributed by atoms with Gasteiger partial charge in [-0.2, -0.15) is 4.98 Å². The molecule has 20 heavy (non-hydrogen) atoms. The fourth-order valence-corrected chi connectivity index (χ4v) is 3.73. The summed E-state index contributed by atoms with van der Waals surface area (Å²) in [6, 6.07) is 0. The van der Waals surface area contributed by atoms with E-state index in [0.717, 1.165) is 56.2 Å². The summed E-state index contributed by atoms with van der Waals surface area (Å²) in [5.74, 6) is 3.67. The SMILES string of the molecule is CC(C)Cc1nc(CN2CC3CNCC3C2(C)C)no1. The lowest BCUT2D eigenvalue weighted by atomic mass is 9.85. The van der Waals surface area contributed by atoms with Gasteiger partial charge in [-0.3, -0.25) is 4.90 Å². The Morgan fingerprint density at radius 3 is 2.90 bits per heavy atom. The Bertz CT molecular complexity index is 468. The molecular weight excluding hydrogens is 252 g/mol. The van der Waals surface area contributed by atoms with Gasteiger partial charge in [0.25, 0.3) is 0 Å². The second-order valence-electron chi connectivity index (χ2n) is 7.26. The standard InChI is InChI=1S/C15H26N4O/c1-10(2)5-14-17-13(18-20-14)9-19-8-11-6-16-7-12(11)15(19,3)4/h10-12,16H,5-9H2,1-4H3. The summed E-state index contributed by atoms with van der Waals surface area (Å²) in [6.07, 6.45) is 0.867. The van der Waals surface area contributed by atoms with Gasteiger partial charge in [0.2, 0.25) is 5.89 Å². The molecule has 0 aliphatic carbocycles. The van der Waals surface area contributed by atoms with Gasteiger partial charge in [-0.1, -0.05) is 19.0 Å². The molecule has 5 nitrogen and oxygen atoms in total. The molecule has 2 saturated heterocycles. The lowest BCUT2D eigenvalue weighted by Crippen LogP contribution is -2.44. The minimum absolute atomic E-state index is 0.215. The van der Waals surface area contributed by atoms with Crippen LogP contribution in [0.4, 0.5) is 0 Å². The molecule has 0 radical (unpaired) electrons. The number of nitrogens with one attached hydrogen (secondary N) is 1. The number of likely N-dealkylation sites (tertiary alicyclic amines) is 1. The number of nitrogens with zero attached hydrogens (tertiary/aromatic N) is 3. The lowest BCUT2D eigenvalue weighted by Gasteiger charge is -2.34. The van der Waals surface area contributed by atoms with Gasteiger partial charge in [-0.15, -0.1) is 0 Å². The summed E-state index contributed by atoms with van der Waals surface area (Å²) in [5.41, 5.74) is 0.215. The van der Waals surface area contributed by atoms with Crippen LogP contribution in [0.1, 0.15) is 39.4 Å². The number of aromatic nitrogens is 2. The average Bonchev–Trinajstić information content (AvgIpc) is 3.01. The van der Waals surface area contributed by atoms with E-state index in [1.165, 1.54) is 0 Å².